The first kappa shape index (κ1) is 16.5. The first-order chi connectivity index (χ1) is 10.4. The molecule has 1 N–H and O–H groups in total. The SMILES string of the molecule is CN1/N=C(/C2=CCCCCCCCC2)CCCCCCN1. The molecule has 0 radical (unpaired) electrons. The molecule has 0 amide bonds. The zero-order valence-corrected chi connectivity index (χ0v) is 13.9. The van der Waals surface area contributed by atoms with Crippen molar-refractivity contribution in [2.45, 2.75) is 83.5 Å². The fraction of sp³-hybridized carbons (Fsp3) is 0.833. The van der Waals surface area contributed by atoms with Gasteiger partial charge in [0.15, 0.2) is 0 Å². The molecule has 0 saturated carbocycles. The van der Waals surface area contributed by atoms with Crippen LogP contribution in [0.4, 0.5) is 0 Å². The summed E-state index contributed by atoms with van der Waals surface area (Å²) in [5, 5.41) is 6.80. The Morgan fingerprint density at radius 1 is 0.857 bits per heavy atom. The number of allylic oxidation sites excluding steroid dienone is 2. The van der Waals surface area contributed by atoms with Crippen LogP contribution in [0, 0.1) is 0 Å². The Morgan fingerprint density at radius 2 is 1.52 bits per heavy atom. The monoisotopic (exact) mass is 291 g/mol. The van der Waals surface area contributed by atoms with Crippen molar-refractivity contribution in [1.82, 2.24) is 10.5 Å². The van der Waals surface area contributed by atoms with Crippen molar-refractivity contribution in [2.75, 3.05) is 13.6 Å². The van der Waals surface area contributed by atoms with E-state index in [2.05, 4.69) is 11.5 Å². The minimum Gasteiger partial charge on any atom is -0.233 e. The highest BCUT2D eigenvalue weighted by molar-refractivity contribution is 5.99. The van der Waals surface area contributed by atoms with Crippen LogP contribution in [0.25, 0.3) is 0 Å². The lowest BCUT2D eigenvalue weighted by molar-refractivity contribution is 0.242. The van der Waals surface area contributed by atoms with Gasteiger partial charge in [0, 0.05) is 13.6 Å². The van der Waals surface area contributed by atoms with Crippen molar-refractivity contribution in [1.29, 1.82) is 0 Å². The highest BCUT2D eigenvalue weighted by atomic mass is 15.7. The van der Waals surface area contributed by atoms with Crippen molar-refractivity contribution in [3.63, 3.8) is 0 Å². The zero-order valence-electron chi connectivity index (χ0n) is 13.9. The van der Waals surface area contributed by atoms with Crippen LogP contribution < -0.4 is 5.43 Å². The van der Waals surface area contributed by atoms with Gasteiger partial charge in [-0.3, -0.25) is 0 Å². The second-order valence-electron chi connectivity index (χ2n) is 6.53. The van der Waals surface area contributed by atoms with Gasteiger partial charge in [0.1, 0.15) is 0 Å². The van der Waals surface area contributed by atoms with Crippen molar-refractivity contribution in [3.8, 4) is 0 Å². The molecule has 1 aliphatic heterocycles. The number of nitrogens with zero attached hydrogens (tertiary/aromatic N) is 2. The molecule has 3 nitrogen and oxygen atoms in total. The number of hydrazone groups is 1. The number of hydrazine groups is 1. The molecule has 3 heteroatoms. The highest BCUT2D eigenvalue weighted by Gasteiger charge is 2.11. The van der Waals surface area contributed by atoms with Crippen LogP contribution in [0.5, 0.6) is 0 Å². The van der Waals surface area contributed by atoms with Crippen LogP contribution in [-0.4, -0.2) is 24.4 Å². The molecule has 120 valence electrons. The topological polar surface area (TPSA) is 27.6 Å². The molecule has 1 heterocycles. The van der Waals surface area contributed by atoms with Gasteiger partial charge in [0.2, 0.25) is 0 Å². The van der Waals surface area contributed by atoms with Gasteiger partial charge in [-0.25, -0.2) is 10.5 Å². The predicted octanol–water partition coefficient (Wildman–Crippen LogP) is 4.80. The molecule has 2 aliphatic rings. The normalized spacial score (nSPS) is 26.4. The Labute approximate surface area is 130 Å². The summed E-state index contributed by atoms with van der Waals surface area (Å²) in [4.78, 5) is 0. The quantitative estimate of drug-likeness (QED) is 0.751. The van der Waals surface area contributed by atoms with Gasteiger partial charge in [-0.05, 0) is 50.5 Å². The smallest absolute Gasteiger partial charge is 0.0649 e. The summed E-state index contributed by atoms with van der Waals surface area (Å²) in [5.41, 5.74) is 6.26. The molecule has 0 spiro atoms. The molecule has 1 aliphatic carbocycles. The average molecular weight is 291 g/mol. The minimum atomic E-state index is 1.05. The summed E-state index contributed by atoms with van der Waals surface area (Å²) in [5.74, 6) is 0. The van der Waals surface area contributed by atoms with E-state index in [1.54, 1.807) is 0 Å². The second-order valence-corrected chi connectivity index (χ2v) is 6.53. The Bertz CT molecular complexity index is 346. The lowest BCUT2D eigenvalue weighted by Crippen LogP contribution is -2.32. The van der Waals surface area contributed by atoms with Gasteiger partial charge >= 0.3 is 0 Å². The van der Waals surface area contributed by atoms with E-state index in [1.807, 2.05) is 12.2 Å². The summed E-state index contributed by atoms with van der Waals surface area (Å²) in [6.45, 7) is 1.05. The van der Waals surface area contributed by atoms with Gasteiger partial charge in [-0.1, -0.05) is 44.6 Å². The maximum Gasteiger partial charge on any atom is 0.0649 e. The minimum absolute atomic E-state index is 1.05. The number of nitrogens with one attached hydrogen (secondary N) is 1. The molecule has 2 rings (SSSR count). The van der Waals surface area contributed by atoms with Crippen molar-refractivity contribution >= 4 is 5.71 Å². The zero-order chi connectivity index (χ0) is 14.8. The van der Waals surface area contributed by atoms with E-state index in [1.165, 1.54) is 88.3 Å². The van der Waals surface area contributed by atoms with Gasteiger partial charge in [-0.2, -0.15) is 5.10 Å². The molecular formula is C18H33N3. The number of rotatable bonds is 1. The highest BCUT2D eigenvalue weighted by Crippen LogP contribution is 2.21. The first-order valence-electron chi connectivity index (χ1n) is 9.10. The molecule has 21 heavy (non-hydrogen) atoms. The fourth-order valence-electron chi connectivity index (χ4n) is 3.31. The lowest BCUT2D eigenvalue weighted by Gasteiger charge is -2.20. The van der Waals surface area contributed by atoms with Crippen LogP contribution in [0.15, 0.2) is 16.8 Å². The first-order valence-corrected chi connectivity index (χ1v) is 9.10. The Balaban J connectivity index is 2.05. The average Bonchev–Trinajstić information content (AvgIpc) is 2.51. The van der Waals surface area contributed by atoms with Crippen molar-refractivity contribution in [2.24, 2.45) is 5.10 Å². The largest absolute Gasteiger partial charge is 0.233 e. The van der Waals surface area contributed by atoms with Crippen LogP contribution in [-0.2, 0) is 0 Å². The second kappa shape index (κ2) is 9.99. The van der Waals surface area contributed by atoms with E-state index in [0.717, 1.165) is 13.0 Å². The molecule has 0 aromatic rings. The predicted molar refractivity (Wildman–Crippen MR) is 91.3 cm³/mol. The molecule has 0 bridgehead atoms. The third-order valence-electron chi connectivity index (χ3n) is 4.61. The molecular weight excluding hydrogens is 258 g/mol. The molecule has 0 aromatic carbocycles. The molecule has 0 aromatic heterocycles. The fourth-order valence-corrected chi connectivity index (χ4v) is 3.31. The Hall–Kier alpha value is -0.830. The van der Waals surface area contributed by atoms with Crippen molar-refractivity contribution < 1.29 is 0 Å². The number of hydrogen-bond donors (Lipinski definition) is 1. The summed E-state index contributed by atoms with van der Waals surface area (Å²) < 4.78 is 0. The summed E-state index contributed by atoms with van der Waals surface area (Å²) in [7, 11) is 2.04. The van der Waals surface area contributed by atoms with Gasteiger partial charge < -0.3 is 0 Å². The van der Waals surface area contributed by atoms with Gasteiger partial charge in [0.25, 0.3) is 0 Å². The van der Waals surface area contributed by atoms with E-state index in [0.29, 0.717) is 0 Å². The van der Waals surface area contributed by atoms with Crippen LogP contribution in [0.3, 0.4) is 0 Å². The maximum atomic E-state index is 4.86. The number of hydrogen-bond acceptors (Lipinski definition) is 3. The third-order valence-corrected chi connectivity index (χ3v) is 4.61. The summed E-state index contributed by atoms with van der Waals surface area (Å²) in [6, 6.07) is 0. The van der Waals surface area contributed by atoms with Crippen molar-refractivity contribution in [3.05, 3.63) is 11.6 Å². The molecule has 0 unspecified atom stereocenters. The van der Waals surface area contributed by atoms with E-state index in [4.69, 9.17) is 5.10 Å². The van der Waals surface area contributed by atoms with E-state index in [9.17, 15) is 0 Å². The molecule has 0 saturated heterocycles. The van der Waals surface area contributed by atoms with Crippen LogP contribution >= 0.6 is 0 Å². The Morgan fingerprint density at radius 3 is 2.38 bits per heavy atom. The van der Waals surface area contributed by atoms with Crippen LogP contribution in [0.1, 0.15) is 83.5 Å². The molecule has 0 fully saturated rings. The lowest BCUT2D eigenvalue weighted by atomic mass is 9.95. The Kier molecular flexibility index (Phi) is 7.87. The van der Waals surface area contributed by atoms with E-state index >= 15 is 0 Å². The van der Waals surface area contributed by atoms with Crippen LogP contribution in [0.2, 0.25) is 0 Å². The molecule has 0 atom stereocenters. The summed E-state index contributed by atoms with van der Waals surface area (Å²) >= 11 is 0. The third kappa shape index (κ3) is 6.64. The van der Waals surface area contributed by atoms with Gasteiger partial charge in [-0.15, -0.1) is 0 Å². The van der Waals surface area contributed by atoms with E-state index < -0.39 is 0 Å². The summed E-state index contributed by atoms with van der Waals surface area (Å²) in [6.07, 6.45) is 19.7. The van der Waals surface area contributed by atoms with Gasteiger partial charge in [0.05, 0.1) is 5.71 Å². The van der Waals surface area contributed by atoms with E-state index in [-0.39, 0.29) is 0 Å². The standard InChI is InChI=1S/C18H33N3/c1-21-19-16-12-8-7-11-15-18(20-21)17-13-9-5-3-2-4-6-10-14-17/h13,19H,2-12,14-16H2,1H3/b17-13?,20-18+. The maximum absolute atomic E-state index is 4.86.